The van der Waals surface area contributed by atoms with Crippen LogP contribution in [0, 0.1) is 0 Å². The molecule has 2 rings (SSSR count). The van der Waals surface area contributed by atoms with E-state index in [9.17, 15) is 35.7 Å². The fourth-order valence-corrected chi connectivity index (χ4v) is 3.31. The van der Waals surface area contributed by atoms with E-state index in [-0.39, 0.29) is 0 Å². The normalized spacial score (nSPS) is 41.0. The van der Waals surface area contributed by atoms with Gasteiger partial charge in [-0.1, -0.05) is 0 Å². The number of hydrogen-bond donors (Lipinski definition) is 14. The molecular weight excluding hydrogens is 488 g/mol. The summed E-state index contributed by atoms with van der Waals surface area (Å²) in [6.45, 7) is -3.81. The van der Waals surface area contributed by atoms with Gasteiger partial charge in [-0.25, -0.2) is 0 Å². The second-order valence-electron chi connectivity index (χ2n) is 8.07. The average molecular weight is 524 g/mol. The minimum atomic E-state index is -2.16. The van der Waals surface area contributed by atoms with Gasteiger partial charge in [0.2, 0.25) is 5.79 Å². The van der Waals surface area contributed by atoms with Crippen LogP contribution in [0.2, 0.25) is 0 Å². The summed E-state index contributed by atoms with van der Waals surface area (Å²) < 4.78 is 14.8. The quantitative estimate of drug-likeness (QED) is 0.126. The smallest absolute Gasteiger partial charge is 0.219 e. The molecule has 2 heterocycles. The molecule has 0 aliphatic carbocycles. The third kappa shape index (κ3) is 7.66. The maximum Gasteiger partial charge on any atom is 0.219 e. The van der Waals surface area contributed by atoms with Crippen LogP contribution in [-0.4, -0.2) is 184 Å². The highest BCUT2D eigenvalue weighted by atomic mass is 16.7. The first kappa shape index (κ1) is 32.3. The molecule has 0 amide bonds. The van der Waals surface area contributed by atoms with E-state index in [0.717, 1.165) is 0 Å². The van der Waals surface area contributed by atoms with Crippen molar-refractivity contribution in [1.29, 1.82) is 0 Å². The maximum absolute atomic E-state index is 9.83. The lowest BCUT2D eigenvalue weighted by Crippen LogP contribution is -2.61. The van der Waals surface area contributed by atoms with Crippen LogP contribution in [0.15, 0.2) is 0 Å². The Morgan fingerprint density at radius 3 is 1.66 bits per heavy atom. The summed E-state index contributed by atoms with van der Waals surface area (Å²) in [5, 5.41) is 130. The zero-order chi connectivity index (χ0) is 27.1. The molecule has 210 valence electrons. The average Bonchev–Trinajstić information content (AvgIpc) is 3.09. The Morgan fingerprint density at radius 2 is 1.26 bits per heavy atom. The summed E-state index contributed by atoms with van der Waals surface area (Å²) in [7, 11) is 0. The fraction of sp³-hybridized carbons (Fsp3) is 1.00. The van der Waals surface area contributed by atoms with E-state index < -0.39 is 112 Å². The van der Waals surface area contributed by atoms with Crippen LogP contribution in [0.4, 0.5) is 0 Å². The molecule has 0 aromatic carbocycles. The summed E-state index contributed by atoms with van der Waals surface area (Å²) in [4.78, 5) is 0. The molecule has 13 atom stereocenters. The second kappa shape index (κ2) is 14.3. The van der Waals surface area contributed by atoms with E-state index in [2.05, 4.69) is 4.74 Å². The van der Waals surface area contributed by atoms with Gasteiger partial charge in [0.15, 0.2) is 6.29 Å². The van der Waals surface area contributed by atoms with Crippen LogP contribution >= 0.6 is 0 Å². The highest BCUT2D eigenvalue weighted by Crippen LogP contribution is 2.28. The van der Waals surface area contributed by atoms with E-state index in [4.69, 9.17) is 45.2 Å². The molecule has 0 bridgehead atoms. The fourth-order valence-electron chi connectivity index (χ4n) is 3.31. The Balaban J connectivity index is 0.000000427. The summed E-state index contributed by atoms with van der Waals surface area (Å²) in [5.41, 5.74) is 0. The Bertz CT molecular complexity index is 597. The van der Waals surface area contributed by atoms with Gasteiger partial charge in [-0.15, -0.1) is 0 Å². The van der Waals surface area contributed by atoms with Crippen LogP contribution in [0.3, 0.4) is 0 Å². The lowest BCUT2D eigenvalue weighted by atomic mass is 9.98. The first-order valence-electron chi connectivity index (χ1n) is 10.5. The Labute approximate surface area is 198 Å². The molecule has 17 heteroatoms. The molecule has 0 radical (unpaired) electrons. The van der Waals surface area contributed by atoms with E-state index in [0.29, 0.717) is 0 Å². The largest absolute Gasteiger partial charge is 0.394 e. The summed E-state index contributed by atoms with van der Waals surface area (Å²) in [6, 6.07) is 0. The summed E-state index contributed by atoms with van der Waals surface area (Å²) in [5.74, 6) is -2.16. The van der Waals surface area contributed by atoms with E-state index >= 15 is 0 Å². The van der Waals surface area contributed by atoms with Gasteiger partial charge in [0.05, 0.1) is 33.0 Å². The van der Waals surface area contributed by atoms with Crippen molar-refractivity contribution in [2.75, 3.05) is 33.0 Å². The minimum absolute atomic E-state index is 0.527. The van der Waals surface area contributed by atoms with Crippen LogP contribution < -0.4 is 0 Å². The number of rotatable bonds is 10. The predicted octanol–water partition coefficient (Wildman–Crippen LogP) is -8.98. The van der Waals surface area contributed by atoms with Crippen molar-refractivity contribution in [3.63, 3.8) is 0 Å². The predicted molar refractivity (Wildman–Crippen MR) is 107 cm³/mol. The zero-order valence-electron chi connectivity index (χ0n) is 18.4. The van der Waals surface area contributed by atoms with Gasteiger partial charge in [-0.05, 0) is 0 Å². The Hall–Kier alpha value is -0.680. The molecule has 2 fully saturated rings. The highest BCUT2D eigenvalue weighted by Gasteiger charge is 2.52. The molecule has 0 aromatic rings. The second-order valence-corrected chi connectivity index (χ2v) is 8.07. The highest BCUT2D eigenvalue weighted by molar-refractivity contribution is 4.95. The molecule has 0 unspecified atom stereocenters. The van der Waals surface area contributed by atoms with Crippen molar-refractivity contribution < 1.29 is 85.7 Å². The van der Waals surface area contributed by atoms with E-state index in [1.165, 1.54) is 0 Å². The molecule has 2 saturated heterocycles. The molecule has 35 heavy (non-hydrogen) atoms. The monoisotopic (exact) mass is 524 g/mol. The zero-order valence-corrected chi connectivity index (χ0v) is 18.4. The van der Waals surface area contributed by atoms with Crippen LogP contribution in [0.25, 0.3) is 0 Å². The molecule has 2 aliphatic rings. The molecule has 14 N–H and O–H groups in total. The molecule has 0 aromatic heterocycles. The third-order valence-electron chi connectivity index (χ3n) is 5.55. The van der Waals surface area contributed by atoms with Crippen LogP contribution in [0.5, 0.6) is 0 Å². The Kier molecular flexibility index (Phi) is 13.2. The first-order valence-corrected chi connectivity index (χ1v) is 10.5. The van der Waals surface area contributed by atoms with Gasteiger partial charge in [0.25, 0.3) is 0 Å². The summed E-state index contributed by atoms with van der Waals surface area (Å²) >= 11 is 0. The maximum atomic E-state index is 9.83. The Morgan fingerprint density at radius 1 is 0.714 bits per heavy atom. The first-order chi connectivity index (χ1) is 16.3. The molecular formula is C18H36O17. The van der Waals surface area contributed by atoms with Gasteiger partial charge < -0.3 is 85.7 Å². The van der Waals surface area contributed by atoms with Gasteiger partial charge in [0, 0.05) is 0 Å². The van der Waals surface area contributed by atoms with Crippen molar-refractivity contribution in [1.82, 2.24) is 0 Å². The van der Waals surface area contributed by atoms with Gasteiger partial charge >= 0.3 is 0 Å². The van der Waals surface area contributed by atoms with Gasteiger partial charge in [-0.3, -0.25) is 0 Å². The number of hydrogen-bond acceptors (Lipinski definition) is 17. The lowest BCUT2D eigenvalue weighted by Gasteiger charge is -2.42. The van der Waals surface area contributed by atoms with E-state index in [1.54, 1.807) is 0 Å². The molecule has 17 nitrogen and oxygen atoms in total. The summed E-state index contributed by atoms with van der Waals surface area (Å²) in [6.07, 6.45) is -19.1. The minimum Gasteiger partial charge on any atom is -0.394 e. The van der Waals surface area contributed by atoms with Crippen molar-refractivity contribution in [3.05, 3.63) is 0 Å². The molecule has 0 saturated carbocycles. The van der Waals surface area contributed by atoms with Gasteiger partial charge in [-0.2, -0.15) is 0 Å². The van der Waals surface area contributed by atoms with Gasteiger partial charge in [0.1, 0.15) is 67.1 Å². The molecule has 0 spiro atoms. The van der Waals surface area contributed by atoms with Crippen molar-refractivity contribution in [2.24, 2.45) is 0 Å². The van der Waals surface area contributed by atoms with Crippen molar-refractivity contribution in [2.45, 2.75) is 79.2 Å². The van der Waals surface area contributed by atoms with Crippen LogP contribution in [0.1, 0.15) is 0 Å². The van der Waals surface area contributed by atoms with Crippen molar-refractivity contribution >= 4 is 0 Å². The lowest BCUT2D eigenvalue weighted by molar-refractivity contribution is -0.327. The standard InChI is InChI=1S/C12H24O11.C6H12O6/c13-1-4(16)7(18)11(5(17)2-14)23-12-10(21)9(20)8(19)6(3-15)22-12;7-1-3-4(9)5(10)6(11,2-8)12-3/h4-21H,1-3H2;3-5,7-11H,1-2H2/t4-,5+,6+,7+,8+,9-,10+,11+,12+;3-,4-,5+,6-/m01/s1. The third-order valence-corrected chi connectivity index (χ3v) is 5.55. The van der Waals surface area contributed by atoms with Crippen LogP contribution in [-0.2, 0) is 14.2 Å². The SMILES string of the molecule is OC[C@@H](O)[C@@H](O[C@H]1O[C@H](CO)[C@@H](O)[C@H](O)[C@H]1O)[C@H](O)[C@@H](O)CO.OC[C@H]1O[C@](O)(CO)[C@@H](O)[C@@H]1O. The van der Waals surface area contributed by atoms with E-state index in [1.807, 2.05) is 0 Å². The molecule has 2 aliphatic heterocycles. The number of aliphatic hydroxyl groups excluding tert-OH is 13. The number of ether oxygens (including phenoxy) is 3. The van der Waals surface area contributed by atoms with Crippen molar-refractivity contribution in [3.8, 4) is 0 Å². The topological polar surface area (TPSA) is 311 Å². The number of aliphatic hydroxyl groups is 14.